The quantitative estimate of drug-likeness (QED) is 0.559. The molecule has 0 aliphatic carbocycles. The van der Waals surface area contributed by atoms with Crippen LogP contribution in [0.25, 0.3) is 6.08 Å². The monoisotopic (exact) mass is 332 g/mol. The average molecular weight is 332 g/mol. The molecule has 0 spiro atoms. The van der Waals surface area contributed by atoms with Gasteiger partial charge >= 0.3 is 5.97 Å². The van der Waals surface area contributed by atoms with Crippen molar-refractivity contribution in [3.05, 3.63) is 41.5 Å². The first-order valence-corrected chi connectivity index (χ1v) is 7.91. The standard InChI is InChI=1S/C18H24N2O4/c1-4-11-19-18(23)14(3)20-16(21)12-24-17(22)10-9-15-7-5-13(2)6-8-15/h5-10,14H,4,11-12H2,1-3H3,(H,19,23)(H,20,21)/b10-9+/t14-/m1/s1. The zero-order valence-corrected chi connectivity index (χ0v) is 14.3. The zero-order chi connectivity index (χ0) is 17.9. The van der Waals surface area contributed by atoms with Crippen molar-refractivity contribution in [3.8, 4) is 0 Å². The fourth-order valence-electron chi connectivity index (χ4n) is 1.78. The van der Waals surface area contributed by atoms with Crippen LogP contribution in [-0.4, -0.2) is 37.0 Å². The third-order valence-electron chi connectivity index (χ3n) is 3.15. The highest BCUT2D eigenvalue weighted by molar-refractivity contribution is 5.91. The molecule has 0 unspecified atom stereocenters. The van der Waals surface area contributed by atoms with Gasteiger partial charge in [-0.3, -0.25) is 9.59 Å². The molecule has 1 aromatic carbocycles. The zero-order valence-electron chi connectivity index (χ0n) is 14.3. The molecule has 0 saturated carbocycles. The molecule has 0 bridgehead atoms. The van der Waals surface area contributed by atoms with Crippen LogP contribution < -0.4 is 10.6 Å². The second kappa shape index (κ2) is 10.2. The van der Waals surface area contributed by atoms with Crippen LogP contribution in [0.3, 0.4) is 0 Å². The molecule has 1 atom stereocenters. The highest BCUT2D eigenvalue weighted by Gasteiger charge is 2.15. The molecular weight excluding hydrogens is 308 g/mol. The van der Waals surface area contributed by atoms with Gasteiger partial charge in [0.15, 0.2) is 6.61 Å². The van der Waals surface area contributed by atoms with Crippen LogP contribution in [0.4, 0.5) is 0 Å². The van der Waals surface area contributed by atoms with E-state index in [9.17, 15) is 14.4 Å². The number of amides is 2. The van der Waals surface area contributed by atoms with Crippen molar-refractivity contribution in [3.63, 3.8) is 0 Å². The van der Waals surface area contributed by atoms with Crippen molar-refractivity contribution in [1.82, 2.24) is 10.6 Å². The van der Waals surface area contributed by atoms with E-state index < -0.39 is 24.5 Å². The van der Waals surface area contributed by atoms with E-state index in [4.69, 9.17) is 4.74 Å². The molecule has 0 radical (unpaired) electrons. The van der Waals surface area contributed by atoms with E-state index in [-0.39, 0.29) is 5.91 Å². The van der Waals surface area contributed by atoms with Gasteiger partial charge in [-0.25, -0.2) is 4.79 Å². The highest BCUT2D eigenvalue weighted by atomic mass is 16.5. The summed E-state index contributed by atoms with van der Waals surface area (Å²) >= 11 is 0. The molecule has 2 N–H and O–H groups in total. The topological polar surface area (TPSA) is 84.5 Å². The fraction of sp³-hybridized carbons (Fsp3) is 0.389. The molecule has 0 aliphatic rings. The Hall–Kier alpha value is -2.63. The molecule has 0 heterocycles. The molecular formula is C18H24N2O4. The molecule has 0 saturated heterocycles. The number of hydrogen-bond acceptors (Lipinski definition) is 4. The molecule has 0 aromatic heterocycles. The van der Waals surface area contributed by atoms with Crippen LogP contribution in [0, 0.1) is 6.92 Å². The number of carbonyl (C=O) groups is 3. The predicted octanol–water partition coefficient (Wildman–Crippen LogP) is 1.58. The Kier molecular flexibility index (Phi) is 8.25. The van der Waals surface area contributed by atoms with E-state index in [0.717, 1.165) is 17.5 Å². The van der Waals surface area contributed by atoms with Gasteiger partial charge < -0.3 is 15.4 Å². The van der Waals surface area contributed by atoms with Crippen molar-refractivity contribution in [2.45, 2.75) is 33.2 Å². The predicted molar refractivity (Wildman–Crippen MR) is 92.1 cm³/mol. The maximum atomic E-state index is 11.7. The molecule has 0 aliphatic heterocycles. The number of nitrogens with one attached hydrogen (secondary N) is 2. The molecule has 24 heavy (non-hydrogen) atoms. The second-order valence-electron chi connectivity index (χ2n) is 5.43. The molecule has 2 amide bonds. The first kappa shape index (κ1) is 19.4. The number of aryl methyl sites for hydroxylation is 1. The summed E-state index contributed by atoms with van der Waals surface area (Å²) in [5, 5.41) is 5.14. The minimum absolute atomic E-state index is 0.268. The van der Waals surface area contributed by atoms with Crippen molar-refractivity contribution in [1.29, 1.82) is 0 Å². The summed E-state index contributed by atoms with van der Waals surface area (Å²) in [6.45, 7) is 5.61. The van der Waals surface area contributed by atoms with Crippen LogP contribution in [0.1, 0.15) is 31.4 Å². The highest BCUT2D eigenvalue weighted by Crippen LogP contribution is 2.05. The molecule has 1 aromatic rings. The van der Waals surface area contributed by atoms with Gasteiger partial charge in [0.25, 0.3) is 5.91 Å². The Morgan fingerprint density at radius 3 is 2.50 bits per heavy atom. The number of ether oxygens (including phenoxy) is 1. The van der Waals surface area contributed by atoms with Crippen LogP contribution in [0.2, 0.25) is 0 Å². The Labute approximate surface area is 142 Å². The third kappa shape index (κ3) is 7.58. The van der Waals surface area contributed by atoms with Gasteiger partial charge in [0.2, 0.25) is 5.91 Å². The van der Waals surface area contributed by atoms with Gasteiger partial charge in [0.1, 0.15) is 6.04 Å². The molecule has 6 heteroatoms. The van der Waals surface area contributed by atoms with E-state index >= 15 is 0 Å². The SMILES string of the molecule is CCCNC(=O)[C@@H](C)NC(=O)COC(=O)/C=C/c1ccc(C)cc1. The number of rotatable bonds is 8. The first-order chi connectivity index (χ1) is 11.4. The third-order valence-corrected chi connectivity index (χ3v) is 3.15. The van der Waals surface area contributed by atoms with Gasteiger partial charge in [-0.15, -0.1) is 0 Å². The molecule has 1 rings (SSSR count). The lowest BCUT2D eigenvalue weighted by molar-refractivity contribution is -0.144. The Balaban J connectivity index is 2.34. The molecule has 0 fully saturated rings. The number of esters is 1. The van der Waals surface area contributed by atoms with Gasteiger partial charge in [-0.2, -0.15) is 0 Å². The summed E-state index contributed by atoms with van der Waals surface area (Å²) in [5.74, 6) is -1.41. The fourth-order valence-corrected chi connectivity index (χ4v) is 1.78. The van der Waals surface area contributed by atoms with Crippen LogP contribution in [-0.2, 0) is 19.1 Å². The summed E-state index contributed by atoms with van der Waals surface area (Å²) in [6.07, 6.45) is 3.69. The normalized spacial score (nSPS) is 11.8. The van der Waals surface area contributed by atoms with E-state index in [1.807, 2.05) is 38.1 Å². The molecule has 6 nitrogen and oxygen atoms in total. The lowest BCUT2D eigenvalue weighted by Gasteiger charge is -2.13. The summed E-state index contributed by atoms with van der Waals surface area (Å²) in [5.41, 5.74) is 1.99. The van der Waals surface area contributed by atoms with Crippen LogP contribution in [0.15, 0.2) is 30.3 Å². The average Bonchev–Trinajstić information content (AvgIpc) is 2.57. The van der Waals surface area contributed by atoms with Crippen molar-refractivity contribution in [2.75, 3.05) is 13.2 Å². The number of benzene rings is 1. The largest absolute Gasteiger partial charge is 0.452 e. The minimum atomic E-state index is -0.675. The maximum absolute atomic E-state index is 11.7. The number of hydrogen-bond donors (Lipinski definition) is 2. The van der Waals surface area contributed by atoms with Gasteiger partial charge in [-0.1, -0.05) is 36.8 Å². The number of carbonyl (C=O) groups excluding carboxylic acids is 3. The van der Waals surface area contributed by atoms with Gasteiger partial charge in [0.05, 0.1) is 0 Å². The van der Waals surface area contributed by atoms with E-state index in [1.54, 1.807) is 13.0 Å². The van der Waals surface area contributed by atoms with E-state index in [1.165, 1.54) is 6.08 Å². The van der Waals surface area contributed by atoms with Crippen molar-refractivity contribution < 1.29 is 19.1 Å². The Morgan fingerprint density at radius 1 is 1.21 bits per heavy atom. The van der Waals surface area contributed by atoms with Crippen molar-refractivity contribution in [2.24, 2.45) is 0 Å². The summed E-state index contributed by atoms with van der Waals surface area (Å²) in [7, 11) is 0. The molecule has 130 valence electrons. The Bertz CT molecular complexity index is 594. The first-order valence-electron chi connectivity index (χ1n) is 7.91. The summed E-state index contributed by atoms with van der Waals surface area (Å²) < 4.78 is 4.84. The van der Waals surface area contributed by atoms with E-state index in [0.29, 0.717) is 6.54 Å². The summed E-state index contributed by atoms with van der Waals surface area (Å²) in [4.78, 5) is 34.8. The van der Waals surface area contributed by atoms with E-state index in [2.05, 4.69) is 10.6 Å². The van der Waals surface area contributed by atoms with Crippen LogP contribution in [0.5, 0.6) is 0 Å². The lowest BCUT2D eigenvalue weighted by atomic mass is 10.1. The van der Waals surface area contributed by atoms with Crippen molar-refractivity contribution >= 4 is 23.9 Å². The van der Waals surface area contributed by atoms with Gasteiger partial charge in [0, 0.05) is 12.6 Å². The van der Waals surface area contributed by atoms with Gasteiger partial charge in [-0.05, 0) is 31.9 Å². The van der Waals surface area contributed by atoms with Crippen LogP contribution >= 0.6 is 0 Å². The second-order valence-corrected chi connectivity index (χ2v) is 5.43. The lowest BCUT2D eigenvalue weighted by Crippen LogP contribution is -2.46. The smallest absolute Gasteiger partial charge is 0.331 e. The maximum Gasteiger partial charge on any atom is 0.331 e. The minimum Gasteiger partial charge on any atom is -0.452 e. The Morgan fingerprint density at radius 2 is 1.88 bits per heavy atom. The summed E-state index contributed by atoms with van der Waals surface area (Å²) in [6, 6.07) is 6.95.